The minimum Gasteiger partial charge on any atom is -0.469 e. The highest BCUT2D eigenvalue weighted by Crippen LogP contribution is 2.52. The van der Waals surface area contributed by atoms with E-state index in [-0.39, 0.29) is 24.0 Å². The van der Waals surface area contributed by atoms with Crippen molar-refractivity contribution < 1.29 is 14.3 Å². The third-order valence-corrected chi connectivity index (χ3v) is 6.68. The molecule has 2 aliphatic heterocycles. The van der Waals surface area contributed by atoms with Crippen molar-refractivity contribution in [2.24, 2.45) is 5.41 Å². The number of aromatic nitrogens is 4. The van der Waals surface area contributed by atoms with E-state index in [4.69, 9.17) is 4.74 Å². The van der Waals surface area contributed by atoms with Crippen LogP contribution in [-0.2, 0) is 16.0 Å². The minimum absolute atomic E-state index is 0.00416. The summed E-state index contributed by atoms with van der Waals surface area (Å²) >= 11 is 1.50. The van der Waals surface area contributed by atoms with Gasteiger partial charge in [0.25, 0.3) is 5.91 Å². The number of methoxy groups -OCH3 is 1. The van der Waals surface area contributed by atoms with Gasteiger partial charge in [0, 0.05) is 30.1 Å². The first-order valence-corrected chi connectivity index (χ1v) is 10.2. The molecule has 2 saturated heterocycles. The highest BCUT2D eigenvalue weighted by Gasteiger charge is 2.62. The summed E-state index contributed by atoms with van der Waals surface area (Å²) in [4.78, 5) is 36.9. The number of rotatable bonds is 4. The second kappa shape index (κ2) is 6.37. The average molecular weight is 397 g/mol. The first-order chi connectivity index (χ1) is 13.6. The zero-order valence-electron chi connectivity index (χ0n) is 15.3. The predicted octanol–water partition coefficient (Wildman–Crippen LogP) is 1.96. The molecule has 144 valence electrons. The molecule has 2 fully saturated rings. The van der Waals surface area contributed by atoms with E-state index in [1.165, 1.54) is 18.4 Å². The van der Waals surface area contributed by atoms with E-state index in [2.05, 4.69) is 15.1 Å². The molecule has 0 radical (unpaired) electrons. The van der Waals surface area contributed by atoms with Crippen LogP contribution in [-0.4, -0.2) is 55.6 Å². The molecule has 1 amide bonds. The van der Waals surface area contributed by atoms with Gasteiger partial charge in [-0.3, -0.25) is 9.59 Å². The monoisotopic (exact) mass is 397 g/mol. The van der Waals surface area contributed by atoms with E-state index in [9.17, 15) is 9.59 Å². The van der Waals surface area contributed by atoms with Gasteiger partial charge >= 0.3 is 5.97 Å². The Bertz CT molecular complexity index is 1050. The van der Waals surface area contributed by atoms with Gasteiger partial charge in [-0.1, -0.05) is 0 Å². The third kappa shape index (κ3) is 2.39. The normalized spacial score (nSPS) is 26.1. The number of thiazole rings is 1. The lowest BCUT2D eigenvalue weighted by atomic mass is 9.71. The summed E-state index contributed by atoms with van der Waals surface area (Å²) in [6, 6.07) is 3.38. The van der Waals surface area contributed by atoms with Crippen LogP contribution in [0.2, 0.25) is 0 Å². The smallest absolute Gasteiger partial charge is 0.314 e. The number of nitrogens with zero attached hydrogens (tertiary/aromatic N) is 5. The van der Waals surface area contributed by atoms with Crippen LogP contribution in [0.25, 0.3) is 5.65 Å². The average Bonchev–Trinajstić information content (AvgIpc) is 3.49. The first kappa shape index (κ1) is 17.3. The van der Waals surface area contributed by atoms with Crippen molar-refractivity contribution in [2.75, 3.05) is 7.11 Å². The van der Waals surface area contributed by atoms with E-state index in [1.54, 1.807) is 28.5 Å². The van der Waals surface area contributed by atoms with Gasteiger partial charge in [0.15, 0.2) is 11.3 Å². The lowest BCUT2D eigenvalue weighted by molar-refractivity contribution is -0.154. The number of hydrogen-bond acceptors (Lipinski definition) is 7. The molecule has 2 aliphatic rings. The van der Waals surface area contributed by atoms with Gasteiger partial charge in [-0.2, -0.15) is 5.10 Å². The molecule has 3 aromatic rings. The Morgan fingerprint density at radius 1 is 1.36 bits per heavy atom. The molecule has 2 bridgehead atoms. The number of imidazole rings is 1. The van der Waals surface area contributed by atoms with Crippen molar-refractivity contribution in [3.8, 4) is 0 Å². The Labute approximate surface area is 165 Å². The van der Waals surface area contributed by atoms with Crippen molar-refractivity contribution in [1.82, 2.24) is 24.5 Å². The van der Waals surface area contributed by atoms with E-state index in [0.29, 0.717) is 24.2 Å². The van der Waals surface area contributed by atoms with E-state index < -0.39 is 5.41 Å². The molecule has 28 heavy (non-hydrogen) atoms. The molecule has 5 rings (SSSR count). The lowest BCUT2D eigenvalue weighted by Crippen LogP contribution is -2.47. The quantitative estimate of drug-likeness (QED) is 0.625. The van der Waals surface area contributed by atoms with Crippen molar-refractivity contribution in [3.05, 3.63) is 46.8 Å². The number of ether oxygens (including phenoxy) is 1. The third-order valence-electron chi connectivity index (χ3n) is 6.04. The van der Waals surface area contributed by atoms with Crippen LogP contribution in [0, 0.1) is 5.41 Å². The highest BCUT2D eigenvalue weighted by atomic mass is 32.1. The van der Waals surface area contributed by atoms with E-state index >= 15 is 0 Å². The molecule has 0 aliphatic carbocycles. The first-order valence-electron chi connectivity index (χ1n) is 9.21. The molecule has 0 unspecified atom stereocenters. The van der Waals surface area contributed by atoms with Crippen molar-refractivity contribution in [1.29, 1.82) is 0 Å². The second-order valence-electron chi connectivity index (χ2n) is 7.40. The molecule has 0 aromatic carbocycles. The van der Waals surface area contributed by atoms with Gasteiger partial charge < -0.3 is 9.64 Å². The topological polar surface area (TPSA) is 89.7 Å². The van der Waals surface area contributed by atoms with Gasteiger partial charge in [-0.15, -0.1) is 11.3 Å². The summed E-state index contributed by atoms with van der Waals surface area (Å²) in [7, 11) is 1.41. The standard InChI is InChI=1S/C19H19N5O3S/c1-27-18(26)19(7-12-10-28-11-21-12)8-13-4-5-15(19)23(13)17(25)14-9-20-16-3-2-6-22-24(14)16/h2-3,6,9-11,13,15H,4-5,7-8H2,1H3/t13-,15+,19+/m1/s1. The molecular weight excluding hydrogens is 378 g/mol. The molecule has 0 N–H and O–H groups in total. The van der Waals surface area contributed by atoms with Gasteiger partial charge in [-0.05, 0) is 31.4 Å². The molecular formula is C19H19N5O3S. The zero-order valence-corrected chi connectivity index (χ0v) is 16.1. The van der Waals surface area contributed by atoms with Crippen LogP contribution in [0.4, 0.5) is 0 Å². The molecule has 3 aromatic heterocycles. The van der Waals surface area contributed by atoms with Gasteiger partial charge in [-0.25, -0.2) is 14.5 Å². The summed E-state index contributed by atoms with van der Waals surface area (Å²) in [6.45, 7) is 0. The van der Waals surface area contributed by atoms with Crippen LogP contribution in [0.15, 0.2) is 35.4 Å². The molecule has 0 spiro atoms. The van der Waals surface area contributed by atoms with Crippen LogP contribution >= 0.6 is 11.3 Å². The number of carbonyl (C=O) groups excluding carboxylic acids is 2. The molecule has 0 saturated carbocycles. The fraction of sp³-hybridized carbons (Fsp3) is 0.421. The summed E-state index contributed by atoms with van der Waals surface area (Å²) in [5, 5.41) is 6.21. The summed E-state index contributed by atoms with van der Waals surface area (Å²) < 4.78 is 6.75. The predicted molar refractivity (Wildman–Crippen MR) is 101 cm³/mol. The Hall–Kier alpha value is -2.81. The number of esters is 1. The summed E-state index contributed by atoms with van der Waals surface area (Å²) in [5.74, 6) is -0.399. The van der Waals surface area contributed by atoms with Crippen LogP contribution in [0.1, 0.15) is 35.4 Å². The van der Waals surface area contributed by atoms with Gasteiger partial charge in [0.2, 0.25) is 0 Å². The summed E-state index contributed by atoms with van der Waals surface area (Å²) in [5.41, 5.74) is 2.92. The fourth-order valence-corrected chi connectivity index (χ4v) is 5.49. The number of hydrogen-bond donors (Lipinski definition) is 0. The Balaban J connectivity index is 1.53. The van der Waals surface area contributed by atoms with Gasteiger partial charge in [0.1, 0.15) is 0 Å². The summed E-state index contributed by atoms with van der Waals surface area (Å²) in [6.07, 6.45) is 5.93. The molecule has 3 atom stereocenters. The highest BCUT2D eigenvalue weighted by molar-refractivity contribution is 7.07. The Morgan fingerprint density at radius 3 is 3.04 bits per heavy atom. The molecule has 8 nitrogen and oxygen atoms in total. The Kier molecular flexibility index (Phi) is 3.94. The second-order valence-corrected chi connectivity index (χ2v) is 8.12. The van der Waals surface area contributed by atoms with Crippen molar-refractivity contribution in [3.63, 3.8) is 0 Å². The maximum atomic E-state index is 13.4. The maximum absolute atomic E-state index is 13.4. The van der Waals surface area contributed by atoms with Crippen LogP contribution < -0.4 is 0 Å². The Morgan fingerprint density at radius 2 is 2.25 bits per heavy atom. The number of carbonyl (C=O) groups is 2. The van der Waals surface area contributed by atoms with Crippen molar-refractivity contribution in [2.45, 2.75) is 37.8 Å². The lowest BCUT2D eigenvalue weighted by Gasteiger charge is -2.34. The fourth-order valence-electron chi connectivity index (χ4n) is 4.93. The number of fused-ring (bicyclic) bond motifs is 3. The molecule has 9 heteroatoms. The number of amides is 1. The minimum atomic E-state index is -0.755. The zero-order chi connectivity index (χ0) is 19.3. The maximum Gasteiger partial charge on any atom is 0.314 e. The molecule has 5 heterocycles. The SMILES string of the molecule is COC(=O)[C@@]1(Cc2cscn2)C[C@H]2CC[C@@H]1N2C(=O)c1cnc2cccnn12. The van der Waals surface area contributed by atoms with Crippen LogP contribution in [0.5, 0.6) is 0 Å². The van der Waals surface area contributed by atoms with E-state index in [1.807, 2.05) is 16.3 Å². The van der Waals surface area contributed by atoms with Gasteiger partial charge in [0.05, 0.1) is 29.9 Å². The largest absolute Gasteiger partial charge is 0.469 e. The van der Waals surface area contributed by atoms with E-state index in [0.717, 1.165) is 18.5 Å². The van der Waals surface area contributed by atoms with Crippen molar-refractivity contribution >= 4 is 28.9 Å². The van der Waals surface area contributed by atoms with Crippen LogP contribution in [0.3, 0.4) is 0 Å².